The summed E-state index contributed by atoms with van der Waals surface area (Å²) in [6.45, 7) is 7.58. The van der Waals surface area contributed by atoms with E-state index < -0.39 is 0 Å². The Morgan fingerprint density at radius 1 is 1.24 bits per heavy atom. The van der Waals surface area contributed by atoms with Gasteiger partial charge in [0.15, 0.2) is 0 Å². The van der Waals surface area contributed by atoms with Crippen molar-refractivity contribution in [1.82, 2.24) is 10.2 Å². The molecule has 1 heterocycles. The van der Waals surface area contributed by atoms with Crippen molar-refractivity contribution in [2.45, 2.75) is 51.1 Å². The highest BCUT2D eigenvalue weighted by atomic mass is 127. The SMILES string of the molecule is C=C1NC(=NC(C2=CCC=CC=C2)c2ccccc2)C(CCCC)N1CCCI. The molecule has 0 spiro atoms. The van der Waals surface area contributed by atoms with Crippen molar-refractivity contribution in [3.8, 4) is 0 Å². The summed E-state index contributed by atoms with van der Waals surface area (Å²) >= 11 is 2.45. The van der Waals surface area contributed by atoms with Crippen LogP contribution in [0.25, 0.3) is 0 Å². The predicted molar refractivity (Wildman–Crippen MR) is 133 cm³/mol. The zero-order chi connectivity index (χ0) is 20.5. The van der Waals surface area contributed by atoms with Crippen LogP contribution in [0, 0.1) is 0 Å². The highest BCUT2D eigenvalue weighted by molar-refractivity contribution is 14.1. The second-order valence-electron chi connectivity index (χ2n) is 7.52. The van der Waals surface area contributed by atoms with E-state index >= 15 is 0 Å². The Morgan fingerprint density at radius 3 is 2.83 bits per heavy atom. The zero-order valence-electron chi connectivity index (χ0n) is 17.4. The Balaban J connectivity index is 1.96. The van der Waals surface area contributed by atoms with Crippen LogP contribution in [0.15, 0.2) is 83.7 Å². The predicted octanol–water partition coefficient (Wildman–Crippen LogP) is 6.33. The molecule has 1 aliphatic heterocycles. The van der Waals surface area contributed by atoms with Crippen LogP contribution in [0.2, 0.25) is 0 Å². The molecule has 29 heavy (non-hydrogen) atoms. The van der Waals surface area contributed by atoms with E-state index in [2.05, 4.69) is 107 Å². The largest absolute Gasteiger partial charge is 0.348 e. The summed E-state index contributed by atoms with van der Waals surface area (Å²) in [5.41, 5.74) is 2.48. The quantitative estimate of drug-likeness (QED) is 0.316. The minimum absolute atomic E-state index is 0.00342. The molecule has 0 saturated carbocycles. The van der Waals surface area contributed by atoms with E-state index in [1.807, 2.05) is 0 Å². The molecule has 154 valence electrons. The van der Waals surface area contributed by atoms with Crippen LogP contribution in [-0.4, -0.2) is 27.7 Å². The molecular formula is C25H32IN3. The Morgan fingerprint density at radius 2 is 2.07 bits per heavy atom. The maximum atomic E-state index is 5.31. The van der Waals surface area contributed by atoms with Gasteiger partial charge in [0, 0.05) is 11.0 Å². The van der Waals surface area contributed by atoms with Gasteiger partial charge in [0.2, 0.25) is 0 Å². The van der Waals surface area contributed by atoms with Gasteiger partial charge in [-0.15, -0.1) is 0 Å². The molecule has 0 radical (unpaired) electrons. The lowest BCUT2D eigenvalue weighted by molar-refractivity contribution is 0.311. The van der Waals surface area contributed by atoms with Gasteiger partial charge in [-0.3, -0.25) is 4.99 Å². The summed E-state index contributed by atoms with van der Waals surface area (Å²) < 4.78 is 1.16. The van der Waals surface area contributed by atoms with Crippen molar-refractivity contribution < 1.29 is 0 Å². The van der Waals surface area contributed by atoms with Crippen molar-refractivity contribution in [2.75, 3.05) is 11.0 Å². The Hall–Kier alpha value is -1.82. The summed E-state index contributed by atoms with van der Waals surface area (Å²) in [5, 5.41) is 3.54. The second kappa shape index (κ2) is 11.4. The van der Waals surface area contributed by atoms with Gasteiger partial charge in [-0.05, 0) is 30.4 Å². The summed E-state index contributed by atoms with van der Waals surface area (Å²) in [7, 11) is 0. The lowest BCUT2D eigenvalue weighted by Crippen LogP contribution is -2.34. The Kier molecular flexibility index (Phi) is 8.59. The highest BCUT2D eigenvalue weighted by Gasteiger charge is 2.32. The normalized spacial score (nSPS) is 21.2. The number of halogens is 1. The van der Waals surface area contributed by atoms with Crippen LogP contribution in [0.4, 0.5) is 0 Å². The van der Waals surface area contributed by atoms with E-state index in [-0.39, 0.29) is 6.04 Å². The van der Waals surface area contributed by atoms with Crippen molar-refractivity contribution in [3.63, 3.8) is 0 Å². The number of nitrogens with one attached hydrogen (secondary N) is 1. The molecule has 1 aliphatic carbocycles. The van der Waals surface area contributed by atoms with Gasteiger partial charge in [-0.1, -0.05) is 110 Å². The molecule has 2 unspecified atom stereocenters. The maximum absolute atomic E-state index is 5.31. The lowest BCUT2D eigenvalue weighted by Gasteiger charge is -2.25. The first-order valence-corrected chi connectivity index (χ1v) is 12.2. The third kappa shape index (κ3) is 5.84. The molecule has 2 aliphatic rings. The number of alkyl halides is 1. The molecule has 3 rings (SSSR count). The average molecular weight is 501 g/mol. The van der Waals surface area contributed by atoms with Crippen molar-refractivity contribution in [2.24, 2.45) is 4.99 Å². The van der Waals surface area contributed by atoms with Gasteiger partial charge in [0.25, 0.3) is 0 Å². The van der Waals surface area contributed by atoms with Gasteiger partial charge in [-0.25, -0.2) is 0 Å². The molecule has 0 bridgehead atoms. The van der Waals surface area contributed by atoms with Crippen LogP contribution in [-0.2, 0) is 0 Å². The highest BCUT2D eigenvalue weighted by Crippen LogP contribution is 2.31. The smallest absolute Gasteiger partial charge is 0.126 e. The number of amidine groups is 1. The van der Waals surface area contributed by atoms with Crippen molar-refractivity contribution in [1.29, 1.82) is 0 Å². The third-order valence-corrected chi connectivity index (χ3v) is 6.16. The van der Waals surface area contributed by atoms with Crippen LogP contribution < -0.4 is 5.32 Å². The van der Waals surface area contributed by atoms with Crippen LogP contribution in [0.5, 0.6) is 0 Å². The number of benzene rings is 1. The van der Waals surface area contributed by atoms with E-state index in [4.69, 9.17) is 4.99 Å². The van der Waals surface area contributed by atoms with E-state index in [9.17, 15) is 0 Å². The number of allylic oxidation sites excluding steroid dienone is 4. The monoisotopic (exact) mass is 501 g/mol. The zero-order valence-corrected chi connectivity index (χ0v) is 19.5. The summed E-state index contributed by atoms with van der Waals surface area (Å²) in [6.07, 6.45) is 16.5. The molecule has 2 atom stereocenters. The van der Waals surface area contributed by atoms with Crippen LogP contribution >= 0.6 is 22.6 Å². The molecule has 1 aromatic carbocycles. The lowest BCUT2D eigenvalue weighted by atomic mass is 9.97. The van der Waals surface area contributed by atoms with E-state index in [1.54, 1.807) is 0 Å². The number of hydrogen-bond acceptors (Lipinski definition) is 2. The van der Waals surface area contributed by atoms with E-state index in [1.165, 1.54) is 30.4 Å². The molecule has 1 N–H and O–H groups in total. The number of hydrogen-bond donors (Lipinski definition) is 1. The molecule has 0 aromatic heterocycles. The molecular weight excluding hydrogens is 469 g/mol. The molecule has 0 amide bonds. The van der Waals surface area contributed by atoms with Gasteiger partial charge in [-0.2, -0.15) is 0 Å². The summed E-state index contributed by atoms with van der Waals surface area (Å²) in [4.78, 5) is 7.73. The Labute approximate surface area is 189 Å². The number of aliphatic imine (C=N–C) groups is 1. The minimum atomic E-state index is -0.00342. The topological polar surface area (TPSA) is 27.6 Å². The number of nitrogens with zero attached hydrogens (tertiary/aromatic N) is 2. The fourth-order valence-electron chi connectivity index (χ4n) is 3.88. The van der Waals surface area contributed by atoms with E-state index in [0.29, 0.717) is 6.04 Å². The van der Waals surface area contributed by atoms with Crippen LogP contribution in [0.3, 0.4) is 0 Å². The molecule has 1 fully saturated rings. The standard InChI is InChI=1S/C25H32IN3/c1-3-4-17-23-25(27-20(2)29(23)19-12-18-26)28-24(22-15-10-7-11-16-22)21-13-8-5-6-9-14-21/h5-8,10-11,13-16,23-24H,2-4,9,12,17-19H2,1H3,(H,27,28). The summed E-state index contributed by atoms with van der Waals surface area (Å²) in [5.74, 6) is 2.06. The third-order valence-electron chi connectivity index (χ3n) is 5.40. The Bertz CT molecular complexity index is 792. The number of rotatable bonds is 9. The number of unbranched alkanes of at least 4 members (excludes halogenated alkanes) is 1. The second-order valence-corrected chi connectivity index (χ2v) is 8.60. The molecule has 3 nitrogen and oxygen atoms in total. The average Bonchev–Trinajstić information content (AvgIpc) is 2.91. The van der Waals surface area contributed by atoms with Gasteiger partial charge >= 0.3 is 0 Å². The van der Waals surface area contributed by atoms with Gasteiger partial charge < -0.3 is 10.2 Å². The summed E-state index contributed by atoms with van der Waals surface area (Å²) in [6, 6.07) is 10.9. The minimum Gasteiger partial charge on any atom is -0.348 e. The maximum Gasteiger partial charge on any atom is 0.126 e. The molecule has 1 aromatic rings. The van der Waals surface area contributed by atoms with E-state index in [0.717, 1.165) is 35.5 Å². The van der Waals surface area contributed by atoms with Crippen LogP contribution in [0.1, 0.15) is 50.6 Å². The van der Waals surface area contributed by atoms with Crippen molar-refractivity contribution >= 4 is 28.4 Å². The van der Waals surface area contributed by atoms with Gasteiger partial charge in [0.1, 0.15) is 11.9 Å². The molecule has 4 heteroatoms. The van der Waals surface area contributed by atoms with Gasteiger partial charge in [0.05, 0.1) is 11.9 Å². The fourth-order valence-corrected chi connectivity index (χ4v) is 4.22. The first-order chi connectivity index (χ1) is 14.2. The first-order valence-electron chi connectivity index (χ1n) is 10.7. The molecule has 1 saturated heterocycles. The van der Waals surface area contributed by atoms with Crippen molar-refractivity contribution in [3.05, 3.63) is 84.2 Å². The fraction of sp³-hybridized carbons (Fsp3) is 0.400. The first kappa shape index (κ1) is 21.9.